The molecule has 0 aliphatic carbocycles. The lowest BCUT2D eigenvalue weighted by Crippen LogP contribution is -2.09. The largest absolute Gasteiger partial charge is 0.412 e. The van der Waals surface area contributed by atoms with Crippen LogP contribution in [0.4, 0.5) is 0 Å². The highest BCUT2D eigenvalue weighted by atomic mass is 24.3. The highest BCUT2D eigenvalue weighted by molar-refractivity contribution is 5.75. The summed E-state index contributed by atoms with van der Waals surface area (Å²) in [6.07, 6.45) is 0. The summed E-state index contributed by atoms with van der Waals surface area (Å²) in [5, 5.41) is 16.5. The zero-order valence-electron chi connectivity index (χ0n) is 6.45. The molecule has 0 aliphatic rings. The van der Waals surface area contributed by atoms with E-state index >= 15 is 0 Å². The second kappa shape index (κ2) is 17.6. The smallest absolute Gasteiger partial charge is 0.316 e. The summed E-state index contributed by atoms with van der Waals surface area (Å²) in [4.78, 5) is 0. The Balaban J connectivity index is -0.000000405. The molecule has 6 heteroatoms. The van der Waals surface area contributed by atoms with Gasteiger partial charge in [0, 0.05) is 0 Å². The molecule has 0 rings (SSSR count). The fourth-order valence-electron chi connectivity index (χ4n) is 0.451. The summed E-state index contributed by atoms with van der Waals surface area (Å²) in [6, 6.07) is 0. The number of ether oxygens (including phenoxy) is 2. The molecular formula is C6H18MgO5. The Kier molecular flexibility index (Phi) is 26.9. The molecule has 0 saturated carbocycles. The number of rotatable bonds is 7. The molecule has 0 unspecified atom stereocenters. The van der Waals surface area contributed by atoms with Crippen LogP contribution in [-0.2, 0) is 9.47 Å². The zero-order valence-corrected chi connectivity index (χ0v) is 6.45. The highest BCUT2D eigenvalue weighted by Gasteiger charge is 1.86. The van der Waals surface area contributed by atoms with Gasteiger partial charge in [-0.1, -0.05) is 0 Å². The van der Waals surface area contributed by atoms with E-state index in [1.807, 2.05) is 0 Å². The quantitative estimate of drug-likeness (QED) is 0.340. The maximum absolute atomic E-state index is 8.26. The summed E-state index contributed by atoms with van der Waals surface area (Å²) in [5.74, 6) is 0. The van der Waals surface area contributed by atoms with Crippen LogP contribution in [0, 0.1) is 0 Å². The molecule has 0 aromatic heterocycles. The van der Waals surface area contributed by atoms with Crippen molar-refractivity contribution >= 4 is 23.1 Å². The van der Waals surface area contributed by atoms with Crippen molar-refractivity contribution in [3.63, 3.8) is 0 Å². The van der Waals surface area contributed by atoms with Crippen molar-refractivity contribution in [3.05, 3.63) is 0 Å². The lowest BCUT2D eigenvalue weighted by atomic mass is 10.7. The summed E-state index contributed by atoms with van der Waals surface area (Å²) in [6.45, 7) is 1.73. The molecule has 0 amide bonds. The Labute approximate surface area is 88.1 Å². The molecule has 0 aliphatic heterocycles. The summed E-state index contributed by atoms with van der Waals surface area (Å²) < 4.78 is 9.75. The van der Waals surface area contributed by atoms with Crippen LogP contribution < -0.4 is 0 Å². The van der Waals surface area contributed by atoms with Crippen LogP contribution in [0.3, 0.4) is 0 Å². The molecule has 0 aromatic rings. The summed E-state index contributed by atoms with van der Waals surface area (Å²) in [7, 11) is 0. The zero-order chi connectivity index (χ0) is 7.66. The van der Waals surface area contributed by atoms with Crippen LogP contribution in [0.25, 0.3) is 0 Å². The van der Waals surface area contributed by atoms with Crippen molar-refractivity contribution < 1.29 is 25.2 Å². The third kappa shape index (κ3) is 16.9. The molecule has 0 heterocycles. The van der Waals surface area contributed by atoms with Crippen molar-refractivity contribution in [1.29, 1.82) is 0 Å². The summed E-state index contributed by atoms with van der Waals surface area (Å²) in [5.41, 5.74) is 0. The van der Waals surface area contributed by atoms with E-state index in [0.717, 1.165) is 0 Å². The minimum absolute atomic E-state index is 0. The van der Waals surface area contributed by atoms with Gasteiger partial charge in [-0.3, -0.25) is 0 Å². The first-order valence-electron chi connectivity index (χ1n) is 3.29. The minimum atomic E-state index is 0. The molecular weight excluding hydrogens is 176 g/mol. The van der Waals surface area contributed by atoms with E-state index in [-0.39, 0.29) is 41.7 Å². The van der Waals surface area contributed by atoms with E-state index in [1.54, 1.807) is 0 Å². The molecule has 0 spiro atoms. The minimum Gasteiger partial charge on any atom is -0.412 e. The lowest BCUT2D eigenvalue weighted by molar-refractivity contribution is 0.0222. The first-order valence-corrected chi connectivity index (χ1v) is 3.29. The maximum atomic E-state index is 8.26. The Morgan fingerprint density at radius 3 is 1.33 bits per heavy atom. The Morgan fingerprint density at radius 2 is 1.08 bits per heavy atom. The van der Waals surface area contributed by atoms with Gasteiger partial charge < -0.3 is 25.2 Å². The average Bonchev–Trinajstić information content (AvgIpc) is 1.97. The van der Waals surface area contributed by atoms with Crippen LogP contribution in [-0.4, -0.2) is 78.4 Å². The van der Waals surface area contributed by atoms with Gasteiger partial charge in [-0.05, 0) is 0 Å². The number of aliphatic hydroxyl groups is 2. The van der Waals surface area contributed by atoms with E-state index in [2.05, 4.69) is 0 Å². The molecule has 4 N–H and O–H groups in total. The molecule has 0 saturated heterocycles. The molecule has 0 radical (unpaired) electrons. The van der Waals surface area contributed by atoms with Crippen LogP contribution >= 0.6 is 0 Å². The van der Waals surface area contributed by atoms with Crippen LogP contribution in [0.1, 0.15) is 0 Å². The van der Waals surface area contributed by atoms with Gasteiger partial charge in [0.15, 0.2) is 0 Å². The van der Waals surface area contributed by atoms with Crippen molar-refractivity contribution in [2.45, 2.75) is 0 Å². The maximum Gasteiger partial charge on any atom is 0.316 e. The van der Waals surface area contributed by atoms with E-state index in [9.17, 15) is 0 Å². The molecule has 0 bridgehead atoms. The van der Waals surface area contributed by atoms with Gasteiger partial charge >= 0.3 is 23.1 Å². The molecule has 12 heavy (non-hydrogen) atoms. The average molecular weight is 195 g/mol. The second-order valence-electron chi connectivity index (χ2n) is 1.67. The highest BCUT2D eigenvalue weighted by Crippen LogP contribution is 1.76. The predicted molar refractivity (Wildman–Crippen MR) is 48.0 cm³/mol. The van der Waals surface area contributed by atoms with E-state index in [1.165, 1.54) is 0 Å². The van der Waals surface area contributed by atoms with Crippen molar-refractivity contribution in [2.24, 2.45) is 0 Å². The SMILES string of the molecule is O.OCCOCCOCCO.[MgH2]. The molecule has 0 aromatic carbocycles. The molecule has 5 nitrogen and oxygen atoms in total. The Hall–Kier alpha value is 0.566. The van der Waals surface area contributed by atoms with Crippen LogP contribution in [0.2, 0.25) is 0 Å². The van der Waals surface area contributed by atoms with Gasteiger partial charge in [0.2, 0.25) is 0 Å². The molecule has 0 atom stereocenters. The fraction of sp³-hybridized carbons (Fsp3) is 1.00. The topological polar surface area (TPSA) is 90.4 Å². The van der Waals surface area contributed by atoms with E-state index in [4.69, 9.17) is 19.7 Å². The standard InChI is InChI=1S/C6H14O4.Mg.H2O.2H/c7-1-3-9-5-6-10-4-2-8;;;;/h7-8H,1-6H2;;1H2;;. The first-order chi connectivity index (χ1) is 4.91. The Bertz CT molecular complexity index is 55.9. The van der Waals surface area contributed by atoms with Gasteiger partial charge in [-0.25, -0.2) is 0 Å². The van der Waals surface area contributed by atoms with Crippen molar-refractivity contribution in [2.75, 3.05) is 39.6 Å². The van der Waals surface area contributed by atoms with Gasteiger partial charge in [0.05, 0.1) is 39.6 Å². The van der Waals surface area contributed by atoms with Gasteiger partial charge in [-0.2, -0.15) is 0 Å². The van der Waals surface area contributed by atoms with E-state index in [0.29, 0.717) is 26.4 Å². The normalized spacial score (nSPS) is 8.50. The number of hydrogen-bond acceptors (Lipinski definition) is 4. The van der Waals surface area contributed by atoms with Gasteiger partial charge in [-0.15, -0.1) is 0 Å². The van der Waals surface area contributed by atoms with Crippen LogP contribution in [0.5, 0.6) is 0 Å². The van der Waals surface area contributed by atoms with Crippen molar-refractivity contribution in [1.82, 2.24) is 0 Å². The third-order valence-electron chi connectivity index (χ3n) is 0.843. The third-order valence-corrected chi connectivity index (χ3v) is 0.843. The molecule has 74 valence electrons. The fourth-order valence-corrected chi connectivity index (χ4v) is 0.451. The Morgan fingerprint density at radius 1 is 0.750 bits per heavy atom. The second-order valence-corrected chi connectivity index (χ2v) is 1.67. The van der Waals surface area contributed by atoms with Crippen molar-refractivity contribution in [3.8, 4) is 0 Å². The van der Waals surface area contributed by atoms with E-state index < -0.39 is 0 Å². The van der Waals surface area contributed by atoms with Gasteiger partial charge in [0.25, 0.3) is 0 Å². The summed E-state index contributed by atoms with van der Waals surface area (Å²) >= 11 is 0. The predicted octanol–water partition coefficient (Wildman–Crippen LogP) is -2.74. The first kappa shape index (κ1) is 18.4. The number of hydrogen-bond donors (Lipinski definition) is 2. The van der Waals surface area contributed by atoms with Crippen LogP contribution in [0.15, 0.2) is 0 Å². The lowest BCUT2D eigenvalue weighted by Gasteiger charge is -2.01. The van der Waals surface area contributed by atoms with Gasteiger partial charge in [0.1, 0.15) is 0 Å². The monoisotopic (exact) mass is 194 g/mol. The number of aliphatic hydroxyl groups excluding tert-OH is 2. The molecule has 0 fully saturated rings.